The summed E-state index contributed by atoms with van der Waals surface area (Å²) in [5, 5.41) is 26.5. The van der Waals surface area contributed by atoms with Gasteiger partial charge in [-0.25, -0.2) is 18.2 Å². The van der Waals surface area contributed by atoms with E-state index in [1.165, 1.54) is 26.4 Å². The van der Waals surface area contributed by atoms with Crippen molar-refractivity contribution in [2.75, 3.05) is 11.9 Å². The smallest absolute Gasteiger partial charge is 0.269 e. The van der Waals surface area contributed by atoms with Crippen LogP contribution in [0.1, 0.15) is 48.6 Å². The van der Waals surface area contributed by atoms with Gasteiger partial charge in [0.05, 0.1) is 36.0 Å². The lowest BCUT2D eigenvalue weighted by Gasteiger charge is -2.28. The minimum Gasteiger partial charge on any atom is -0.376 e. The van der Waals surface area contributed by atoms with E-state index in [0.29, 0.717) is 23.7 Å². The minimum atomic E-state index is -1.42. The van der Waals surface area contributed by atoms with Crippen molar-refractivity contribution in [3.05, 3.63) is 66.1 Å². The Morgan fingerprint density at radius 1 is 1.09 bits per heavy atom. The number of rotatable bonds is 8. The molecule has 4 N–H and O–H groups in total. The van der Waals surface area contributed by atoms with Crippen LogP contribution in [-0.2, 0) is 11.3 Å². The Morgan fingerprint density at radius 2 is 1.89 bits per heavy atom. The highest BCUT2D eigenvalue weighted by Gasteiger charge is 2.41. The van der Waals surface area contributed by atoms with Crippen LogP contribution in [0.5, 0.6) is 0 Å². The summed E-state index contributed by atoms with van der Waals surface area (Å²) in [6, 6.07) is 8.04. The molecule has 2 aromatic carbocycles. The van der Waals surface area contributed by atoms with Crippen molar-refractivity contribution in [2.24, 2.45) is 5.73 Å². The first-order valence-electron chi connectivity index (χ1n) is 15.0. The second-order valence-electron chi connectivity index (χ2n) is 11.7. The number of aromatic nitrogens is 6. The molecule has 46 heavy (non-hydrogen) atoms. The zero-order chi connectivity index (χ0) is 32.1. The fourth-order valence-electron chi connectivity index (χ4n) is 6.72. The summed E-state index contributed by atoms with van der Waals surface area (Å²) >= 11 is 0. The zero-order valence-corrected chi connectivity index (χ0v) is 24.5. The number of hydrogen-bond donors (Lipinski definition) is 3. The number of primary amides is 1. The number of carbonyl (C=O) groups is 2. The van der Waals surface area contributed by atoms with Gasteiger partial charge in [-0.15, -0.1) is 0 Å². The molecule has 15 heteroatoms. The van der Waals surface area contributed by atoms with Gasteiger partial charge in [-0.1, -0.05) is 18.9 Å². The zero-order valence-electron chi connectivity index (χ0n) is 24.5. The average molecular weight is 634 g/mol. The number of benzene rings is 2. The molecule has 3 unspecified atom stereocenters. The largest absolute Gasteiger partial charge is 0.376 e. The van der Waals surface area contributed by atoms with Crippen LogP contribution in [0.3, 0.4) is 0 Å². The van der Waals surface area contributed by atoms with Gasteiger partial charge >= 0.3 is 0 Å². The fourth-order valence-corrected chi connectivity index (χ4v) is 6.72. The number of imidazole rings is 1. The Morgan fingerprint density at radius 3 is 2.63 bits per heavy atom. The lowest BCUT2D eigenvalue weighted by Crippen LogP contribution is -2.47. The molecule has 12 nitrogen and oxygen atoms in total. The van der Waals surface area contributed by atoms with Gasteiger partial charge in [0.25, 0.3) is 5.91 Å². The van der Waals surface area contributed by atoms with E-state index < -0.39 is 41.9 Å². The van der Waals surface area contributed by atoms with E-state index in [2.05, 4.69) is 25.6 Å². The van der Waals surface area contributed by atoms with E-state index in [1.54, 1.807) is 30.5 Å². The van der Waals surface area contributed by atoms with Crippen LogP contribution in [0.2, 0.25) is 0 Å². The molecular formula is C31H30F3N9O3. The first-order chi connectivity index (χ1) is 22.2. The van der Waals surface area contributed by atoms with Gasteiger partial charge < -0.3 is 15.4 Å². The summed E-state index contributed by atoms with van der Waals surface area (Å²) in [6.45, 7) is -0.444. The molecule has 2 fully saturated rings. The number of amides is 2. The third-order valence-electron chi connectivity index (χ3n) is 8.88. The highest BCUT2D eigenvalue weighted by atomic mass is 19.2. The van der Waals surface area contributed by atoms with Crippen LogP contribution >= 0.6 is 0 Å². The lowest BCUT2D eigenvalue weighted by molar-refractivity contribution is -0.124. The summed E-state index contributed by atoms with van der Waals surface area (Å²) in [5.41, 5.74) is 7.76. The van der Waals surface area contributed by atoms with Gasteiger partial charge in [-0.05, 0) is 48.7 Å². The minimum absolute atomic E-state index is 0.0142. The number of carbonyl (C=O) groups excluding carboxylic acids is 2. The van der Waals surface area contributed by atoms with Crippen LogP contribution in [0.4, 0.5) is 19.1 Å². The number of aliphatic hydroxyl groups is 1. The average Bonchev–Trinajstić information content (AvgIpc) is 3.85. The Bertz CT molecular complexity index is 1960. The van der Waals surface area contributed by atoms with Crippen molar-refractivity contribution >= 4 is 39.7 Å². The number of anilines is 1. The summed E-state index contributed by atoms with van der Waals surface area (Å²) in [7, 11) is 0. The highest BCUT2D eigenvalue weighted by Crippen LogP contribution is 2.37. The van der Waals surface area contributed by atoms with Crippen LogP contribution in [0.15, 0.2) is 48.8 Å². The topological polar surface area (TPSA) is 157 Å². The molecule has 5 aromatic rings. The Labute approximate surface area is 260 Å². The molecule has 2 aliphatic rings. The Kier molecular flexibility index (Phi) is 7.64. The van der Waals surface area contributed by atoms with Crippen molar-refractivity contribution in [1.29, 1.82) is 0 Å². The SMILES string of the molecule is NC(=O)c1nn(CC(O)N2CC(F)CC2C(=O)Nc2nc3ccc(F)c(F)c3n2C2CCCC2)c2ccc(-c3ccnnc3)cc12. The second kappa shape index (κ2) is 11.8. The quantitative estimate of drug-likeness (QED) is 0.234. The van der Waals surface area contributed by atoms with Crippen molar-refractivity contribution in [3.8, 4) is 11.1 Å². The van der Waals surface area contributed by atoms with Gasteiger partial charge in [0.2, 0.25) is 11.9 Å². The number of nitrogens with zero attached hydrogens (tertiary/aromatic N) is 7. The summed E-state index contributed by atoms with van der Waals surface area (Å²) in [4.78, 5) is 31.7. The van der Waals surface area contributed by atoms with Crippen molar-refractivity contribution in [3.63, 3.8) is 0 Å². The molecule has 1 saturated heterocycles. The number of halogens is 3. The number of aliphatic hydroxyl groups excluding tert-OH is 1. The molecule has 238 valence electrons. The molecule has 2 amide bonds. The number of hydrogen-bond acceptors (Lipinski definition) is 8. The predicted molar refractivity (Wildman–Crippen MR) is 161 cm³/mol. The first kappa shape index (κ1) is 29.8. The molecule has 3 aromatic heterocycles. The normalized spacial score (nSPS) is 19.7. The molecular weight excluding hydrogens is 603 g/mol. The number of fused-ring (bicyclic) bond motifs is 2. The van der Waals surface area contributed by atoms with Gasteiger partial charge in [0.15, 0.2) is 17.3 Å². The van der Waals surface area contributed by atoms with E-state index in [4.69, 9.17) is 5.73 Å². The summed E-state index contributed by atoms with van der Waals surface area (Å²) in [5.74, 6) is -3.45. The third-order valence-corrected chi connectivity index (χ3v) is 8.88. The van der Waals surface area contributed by atoms with Gasteiger partial charge in [0.1, 0.15) is 17.9 Å². The predicted octanol–water partition coefficient (Wildman–Crippen LogP) is 3.70. The number of alkyl halides is 1. The van der Waals surface area contributed by atoms with E-state index in [9.17, 15) is 27.9 Å². The molecule has 7 rings (SSSR count). The summed E-state index contributed by atoms with van der Waals surface area (Å²) < 4.78 is 47.0. The summed E-state index contributed by atoms with van der Waals surface area (Å²) in [6.07, 6.45) is 3.30. The standard InChI is InChI=1S/C31H30F3N9O3/c32-18-12-24(30(46)39-31-38-22-7-6-21(33)26(34)28(22)43(31)19-3-1-2-4-19)41(14-18)25(44)15-42-23-8-5-16(17-9-10-36-37-13-17)11-20(23)27(40-42)29(35)45/h5-11,13,18-19,24-25,44H,1-4,12,14-15H2,(H2,35,45)(H,38,39,46). The van der Waals surface area contributed by atoms with Gasteiger partial charge in [0, 0.05) is 30.0 Å². The number of nitrogens with one attached hydrogen (secondary N) is 1. The van der Waals surface area contributed by atoms with Gasteiger partial charge in [-0.3, -0.25) is 24.5 Å². The van der Waals surface area contributed by atoms with Crippen LogP contribution < -0.4 is 11.1 Å². The van der Waals surface area contributed by atoms with Crippen molar-refractivity contribution in [2.45, 2.75) is 63.1 Å². The Hall–Kier alpha value is -4.89. The number of nitrogens with two attached hydrogens (primary N) is 1. The molecule has 3 atom stereocenters. The molecule has 0 radical (unpaired) electrons. The van der Waals surface area contributed by atoms with Crippen LogP contribution in [0, 0.1) is 11.6 Å². The van der Waals surface area contributed by atoms with Crippen molar-refractivity contribution < 1.29 is 27.9 Å². The highest BCUT2D eigenvalue weighted by molar-refractivity contribution is 6.05. The monoisotopic (exact) mass is 633 g/mol. The van der Waals surface area contributed by atoms with E-state index in [-0.39, 0.29) is 48.2 Å². The van der Waals surface area contributed by atoms with Gasteiger partial charge in [-0.2, -0.15) is 15.3 Å². The Balaban J connectivity index is 1.16. The van der Waals surface area contributed by atoms with E-state index in [1.807, 2.05) is 0 Å². The molecule has 1 aliphatic carbocycles. The maximum absolute atomic E-state index is 15.0. The molecule has 1 aliphatic heterocycles. The molecule has 0 spiro atoms. The molecule has 4 heterocycles. The lowest BCUT2D eigenvalue weighted by atomic mass is 10.0. The number of likely N-dealkylation sites (tertiary alicyclic amines) is 1. The van der Waals surface area contributed by atoms with Crippen LogP contribution in [0.25, 0.3) is 33.1 Å². The maximum atomic E-state index is 15.0. The molecule has 0 bridgehead atoms. The second-order valence-corrected chi connectivity index (χ2v) is 11.7. The molecule has 1 saturated carbocycles. The van der Waals surface area contributed by atoms with E-state index in [0.717, 1.165) is 30.0 Å². The van der Waals surface area contributed by atoms with E-state index >= 15 is 0 Å². The first-order valence-corrected chi connectivity index (χ1v) is 15.0. The van der Waals surface area contributed by atoms with Crippen molar-refractivity contribution in [1.82, 2.24) is 34.4 Å². The maximum Gasteiger partial charge on any atom is 0.269 e. The van der Waals surface area contributed by atoms with Crippen LogP contribution in [-0.4, -0.2) is 76.3 Å². The fraction of sp³-hybridized carbons (Fsp3) is 0.355. The third kappa shape index (κ3) is 5.24.